The molecule has 0 amide bonds. The fourth-order valence-electron chi connectivity index (χ4n) is 0.250. The minimum absolute atomic E-state index is 1.28. The van der Waals surface area contributed by atoms with E-state index in [0.717, 1.165) is 0 Å². The van der Waals surface area contributed by atoms with Gasteiger partial charge in [0, 0.05) is 0 Å². The van der Waals surface area contributed by atoms with E-state index in [4.69, 9.17) is 0 Å². The third-order valence-electron chi connectivity index (χ3n) is 1.91. The fourth-order valence-corrected chi connectivity index (χ4v) is 1.68. The van der Waals surface area contributed by atoms with Gasteiger partial charge in [0.25, 0.3) is 0 Å². The van der Waals surface area contributed by atoms with Gasteiger partial charge < -0.3 is 0 Å². The van der Waals surface area contributed by atoms with Crippen LogP contribution in [0.25, 0.3) is 0 Å². The van der Waals surface area contributed by atoms with Crippen LogP contribution in [0.15, 0.2) is 0 Å². The SMILES string of the molecule is C[CH2][Sn]([CH3])([CH3])[CH2]C. The maximum atomic E-state index is 2.51. The van der Waals surface area contributed by atoms with Crippen LogP contribution in [0.2, 0.25) is 18.8 Å². The van der Waals surface area contributed by atoms with Gasteiger partial charge in [0.2, 0.25) is 0 Å². The molecular formula is C6H16Sn. The summed E-state index contributed by atoms with van der Waals surface area (Å²) in [5, 5.41) is 0. The van der Waals surface area contributed by atoms with Crippen LogP contribution in [0.3, 0.4) is 0 Å². The third kappa shape index (κ3) is 3.39. The topological polar surface area (TPSA) is 0 Å². The first-order valence-electron chi connectivity index (χ1n) is 3.12. The Kier molecular flexibility index (Phi) is 3.29. The molecule has 0 fully saturated rings. The molecule has 44 valence electrons. The molecule has 1 heteroatoms. The molecule has 7 heavy (non-hydrogen) atoms. The van der Waals surface area contributed by atoms with Crippen LogP contribution in [0.5, 0.6) is 0 Å². The Bertz CT molecular complexity index is 42.1. The standard InChI is InChI=1S/2C2H5.2CH3.Sn/c2*1-2;;;/h2*1H2,2H3;2*1H3;. The first-order valence-corrected chi connectivity index (χ1v) is 12.9. The van der Waals surface area contributed by atoms with Crippen molar-refractivity contribution in [1.82, 2.24) is 0 Å². The average molecular weight is 207 g/mol. The van der Waals surface area contributed by atoms with E-state index in [2.05, 4.69) is 23.7 Å². The second-order valence-corrected chi connectivity index (χ2v) is 19.3. The molecule has 0 aromatic carbocycles. The van der Waals surface area contributed by atoms with Gasteiger partial charge in [0.05, 0.1) is 0 Å². The molecule has 0 unspecified atom stereocenters. The summed E-state index contributed by atoms with van der Waals surface area (Å²) in [4.78, 5) is 5.02. The van der Waals surface area contributed by atoms with E-state index in [1.807, 2.05) is 0 Å². The fraction of sp³-hybridized carbons (Fsp3) is 1.00. The first-order chi connectivity index (χ1) is 3.12. The van der Waals surface area contributed by atoms with Gasteiger partial charge >= 0.3 is 51.0 Å². The van der Waals surface area contributed by atoms with E-state index >= 15 is 0 Å². The second kappa shape index (κ2) is 2.95. The van der Waals surface area contributed by atoms with Gasteiger partial charge in [-0.2, -0.15) is 0 Å². The summed E-state index contributed by atoms with van der Waals surface area (Å²) in [6.45, 7) is 4.67. The molecule has 0 bridgehead atoms. The van der Waals surface area contributed by atoms with Gasteiger partial charge in [0.15, 0.2) is 0 Å². The predicted octanol–water partition coefficient (Wildman–Crippen LogP) is 2.73. The molecule has 0 rings (SSSR count). The summed E-state index contributed by atoms with van der Waals surface area (Å²) >= 11 is -1.28. The van der Waals surface area contributed by atoms with Crippen LogP contribution in [0.4, 0.5) is 0 Å². The van der Waals surface area contributed by atoms with Gasteiger partial charge in [-0.15, -0.1) is 0 Å². The van der Waals surface area contributed by atoms with Crippen molar-refractivity contribution in [3.05, 3.63) is 0 Å². The van der Waals surface area contributed by atoms with Crippen LogP contribution >= 0.6 is 0 Å². The molecule has 0 atom stereocenters. The molecular weight excluding hydrogens is 191 g/mol. The third-order valence-corrected chi connectivity index (χ3v) is 12.8. The van der Waals surface area contributed by atoms with Crippen molar-refractivity contribution in [2.75, 3.05) is 0 Å². The van der Waals surface area contributed by atoms with Gasteiger partial charge in [-0.1, -0.05) is 0 Å². The second-order valence-electron chi connectivity index (χ2n) is 2.87. The van der Waals surface area contributed by atoms with Crippen molar-refractivity contribution in [3.8, 4) is 0 Å². The molecule has 0 heterocycles. The Labute approximate surface area is 51.2 Å². The molecule has 0 radical (unpaired) electrons. The van der Waals surface area contributed by atoms with Crippen LogP contribution < -0.4 is 0 Å². The summed E-state index contributed by atoms with van der Waals surface area (Å²) in [6.07, 6.45) is 0. The molecule has 0 nitrogen and oxygen atoms in total. The van der Waals surface area contributed by atoms with Gasteiger partial charge in [-0.05, 0) is 0 Å². The first kappa shape index (κ1) is 7.80. The molecule has 0 N–H and O–H groups in total. The van der Waals surface area contributed by atoms with Crippen molar-refractivity contribution in [1.29, 1.82) is 0 Å². The van der Waals surface area contributed by atoms with E-state index in [-0.39, 0.29) is 0 Å². The van der Waals surface area contributed by atoms with Crippen molar-refractivity contribution in [2.24, 2.45) is 0 Å². The predicted molar refractivity (Wildman–Crippen MR) is 38.4 cm³/mol. The average Bonchev–Trinajstić information content (AvgIpc) is 1.68. The van der Waals surface area contributed by atoms with Crippen molar-refractivity contribution >= 4 is 18.4 Å². The summed E-state index contributed by atoms with van der Waals surface area (Å²) in [5.74, 6) is 0. The normalized spacial score (nSPS) is 12.0. The zero-order valence-electron chi connectivity index (χ0n) is 5.91. The Balaban J connectivity index is 3.36. The van der Waals surface area contributed by atoms with Gasteiger partial charge in [-0.25, -0.2) is 0 Å². The van der Waals surface area contributed by atoms with Crippen LogP contribution in [0.1, 0.15) is 13.8 Å². The monoisotopic (exact) mass is 208 g/mol. The molecule has 0 saturated carbocycles. The molecule has 0 spiro atoms. The molecule has 0 aliphatic carbocycles. The molecule has 0 aliphatic rings. The van der Waals surface area contributed by atoms with Crippen molar-refractivity contribution in [3.63, 3.8) is 0 Å². The summed E-state index contributed by atoms with van der Waals surface area (Å²) in [7, 11) is 0. The summed E-state index contributed by atoms with van der Waals surface area (Å²) in [6, 6.07) is 0. The quantitative estimate of drug-likeness (QED) is 0.610. The van der Waals surface area contributed by atoms with E-state index in [9.17, 15) is 0 Å². The molecule has 0 aromatic heterocycles. The number of rotatable bonds is 2. The van der Waals surface area contributed by atoms with Crippen molar-refractivity contribution in [2.45, 2.75) is 32.6 Å². The van der Waals surface area contributed by atoms with E-state index in [1.165, 1.54) is 8.87 Å². The Morgan fingerprint density at radius 3 is 1.29 bits per heavy atom. The molecule has 0 saturated heterocycles. The van der Waals surface area contributed by atoms with Crippen LogP contribution in [0, 0.1) is 0 Å². The summed E-state index contributed by atoms with van der Waals surface area (Å²) in [5.41, 5.74) is 0. The van der Waals surface area contributed by atoms with E-state index in [1.54, 1.807) is 0 Å². The molecule has 0 aliphatic heterocycles. The molecule has 0 aromatic rings. The van der Waals surface area contributed by atoms with Crippen LogP contribution in [-0.2, 0) is 0 Å². The van der Waals surface area contributed by atoms with Gasteiger partial charge in [-0.3, -0.25) is 0 Å². The minimum atomic E-state index is -1.28. The maximum absolute atomic E-state index is 2.51. The number of hydrogen-bond donors (Lipinski definition) is 0. The van der Waals surface area contributed by atoms with Crippen molar-refractivity contribution < 1.29 is 0 Å². The summed E-state index contributed by atoms with van der Waals surface area (Å²) < 4.78 is 3.01. The zero-order chi connectivity index (χ0) is 5.91. The van der Waals surface area contributed by atoms with E-state index < -0.39 is 18.4 Å². The Morgan fingerprint density at radius 2 is 1.29 bits per heavy atom. The number of hydrogen-bond acceptors (Lipinski definition) is 0. The Morgan fingerprint density at radius 1 is 1.00 bits per heavy atom. The zero-order valence-corrected chi connectivity index (χ0v) is 8.77. The van der Waals surface area contributed by atoms with E-state index in [0.29, 0.717) is 0 Å². The van der Waals surface area contributed by atoms with Gasteiger partial charge in [0.1, 0.15) is 0 Å². The van der Waals surface area contributed by atoms with Crippen LogP contribution in [-0.4, -0.2) is 18.4 Å². The Hall–Kier alpha value is 0.799.